The number of ether oxygens (including phenoxy) is 7. The van der Waals surface area contributed by atoms with Gasteiger partial charge in [-0.05, 0) is 0 Å². The van der Waals surface area contributed by atoms with Crippen LogP contribution >= 0.6 is 15.9 Å². The largest absolute Gasteiger partial charge is 0.463 e. The van der Waals surface area contributed by atoms with Crippen LogP contribution in [-0.2, 0) is 38.0 Å². The fourth-order valence-electron chi connectivity index (χ4n) is 1.50. The number of esters is 1. The minimum Gasteiger partial charge on any atom is -0.463 e. The van der Waals surface area contributed by atoms with Crippen molar-refractivity contribution in [1.29, 1.82) is 0 Å². The minimum absolute atomic E-state index is 0.272. The Kier molecular flexibility index (Phi) is 21.5. The molecule has 0 heterocycles. The Bertz CT molecular complexity index is 281. The Labute approximate surface area is 158 Å². The maximum atomic E-state index is 10.5. The first kappa shape index (κ1) is 24.7. The van der Waals surface area contributed by atoms with E-state index >= 15 is 0 Å². The van der Waals surface area contributed by atoms with Crippen LogP contribution in [0.15, 0.2) is 0 Å². The van der Waals surface area contributed by atoms with Crippen LogP contribution in [0.25, 0.3) is 0 Å². The molecule has 0 bridgehead atoms. The number of hydrogen-bond acceptors (Lipinski definition) is 8. The molecule has 0 amide bonds. The maximum Gasteiger partial charge on any atom is 0.302 e. The molecule has 0 aromatic carbocycles. The summed E-state index contributed by atoms with van der Waals surface area (Å²) in [5.41, 5.74) is 0. The molecule has 0 aromatic rings. The topological polar surface area (TPSA) is 81.7 Å². The van der Waals surface area contributed by atoms with E-state index in [-0.39, 0.29) is 12.6 Å². The van der Waals surface area contributed by atoms with Crippen molar-refractivity contribution in [2.45, 2.75) is 6.92 Å². The van der Waals surface area contributed by atoms with E-state index in [1.165, 1.54) is 6.92 Å². The second-order valence-corrected chi connectivity index (χ2v) is 5.50. The van der Waals surface area contributed by atoms with Gasteiger partial charge in [0.25, 0.3) is 0 Å². The van der Waals surface area contributed by atoms with Crippen LogP contribution in [0.3, 0.4) is 0 Å². The molecule has 0 rings (SSSR count). The molecule has 0 aliphatic heterocycles. The molecule has 0 radical (unpaired) electrons. The number of carbonyl (C=O) groups is 1. The normalized spacial score (nSPS) is 11.0. The van der Waals surface area contributed by atoms with Gasteiger partial charge in [0.05, 0.1) is 79.3 Å². The van der Waals surface area contributed by atoms with Gasteiger partial charge in [0.15, 0.2) is 0 Å². The van der Waals surface area contributed by atoms with E-state index in [1.54, 1.807) is 0 Å². The summed E-state index contributed by atoms with van der Waals surface area (Å²) in [5, 5.41) is 0.840. The molecule has 150 valence electrons. The van der Waals surface area contributed by atoms with E-state index in [0.29, 0.717) is 79.3 Å². The molecule has 0 aliphatic rings. The zero-order chi connectivity index (χ0) is 18.4. The average molecular weight is 431 g/mol. The van der Waals surface area contributed by atoms with Gasteiger partial charge in [0, 0.05) is 12.3 Å². The molecule has 0 saturated heterocycles. The molecule has 0 aliphatic carbocycles. The van der Waals surface area contributed by atoms with Gasteiger partial charge in [-0.1, -0.05) is 15.9 Å². The Balaban J connectivity index is 2.97. The number of rotatable bonds is 20. The van der Waals surface area contributed by atoms with Crippen molar-refractivity contribution < 1.29 is 38.0 Å². The van der Waals surface area contributed by atoms with Crippen LogP contribution in [0.2, 0.25) is 0 Å². The first-order chi connectivity index (χ1) is 12.3. The lowest BCUT2D eigenvalue weighted by Gasteiger charge is -2.08. The summed E-state index contributed by atoms with van der Waals surface area (Å²) in [4.78, 5) is 10.5. The molecule has 0 N–H and O–H groups in total. The molecule has 25 heavy (non-hydrogen) atoms. The van der Waals surface area contributed by atoms with Gasteiger partial charge in [0.2, 0.25) is 0 Å². The Morgan fingerprint density at radius 1 is 0.560 bits per heavy atom. The predicted molar refractivity (Wildman–Crippen MR) is 95.3 cm³/mol. The predicted octanol–water partition coefficient (Wildman–Crippen LogP) is 1.04. The minimum atomic E-state index is -0.302. The molecular formula is C16H31BrO8. The first-order valence-electron chi connectivity index (χ1n) is 8.43. The molecule has 0 unspecified atom stereocenters. The Morgan fingerprint density at radius 3 is 1.12 bits per heavy atom. The molecule has 8 nitrogen and oxygen atoms in total. The van der Waals surface area contributed by atoms with Crippen LogP contribution in [0.1, 0.15) is 6.92 Å². The summed E-state index contributed by atoms with van der Waals surface area (Å²) < 4.78 is 36.6. The third-order valence-electron chi connectivity index (χ3n) is 2.61. The Morgan fingerprint density at radius 2 is 0.840 bits per heavy atom. The van der Waals surface area contributed by atoms with Crippen molar-refractivity contribution in [2.24, 2.45) is 0 Å². The molecule has 0 spiro atoms. The fraction of sp³-hybridized carbons (Fsp3) is 0.938. The summed E-state index contributed by atoms with van der Waals surface area (Å²) >= 11 is 3.28. The monoisotopic (exact) mass is 430 g/mol. The second-order valence-electron chi connectivity index (χ2n) is 4.70. The van der Waals surface area contributed by atoms with E-state index < -0.39 is 0 Å². The van der Waals surface area contributed by atoms with E-state index in [2.05, 4.69) is 15.9 Å². The Hall–Kier alpha value is -0.290. The van der Waals surface area contributed by atoms with Gasteiger partial charge in [-0.3, -0.25) is 4.79 Å². The van der Waals surface area contributed by atoms with E-state index in [0.717, 1.165) is 5.33 Å². The van der Waals surface area contributed by atoms with Crippen LogP contribution < -0.4 is 0 Å². The maximum absolute atomic E-state index is 10.5. The molecule has 0 atom stereocenters. The van der Waals surface area contributed by atoms with Crippen molar-refractivity contribution >= 4 is 21.9 Å². The van der Waals surface area contributed by atoms with Gasteiger partial charge >= 0.3 is 5.97 Å². The molecular weight excluding hydrogens is 400 g/mol. The zero-order valence-electron chi connectivity index (χ0n) is 15.0. The highest BCUT2D eigenvalue weighted by atomic mass is 79.9. The van der Waals surface area contributed by atoms with Crippen molar-refractivity contribution in [3.8, 4) is 0 Å². The lowest BCUT2D eigenvalue weighted by Crippen LogP contribution is -2.14. The first-order valence-corrected chi connectivity index (χ1v) is 9.55. The van der Waals surface area contributed by atoms with Gasteiger partial charge in [-0.25, -0.2) is 0 Å². The number of alkyl halides is 1. The van der Waals surface area contributed by atoms with Crippen LogP contribution in [0.5, 0.6) is 0 Å². The lowest BCUT2D eigenvalue weighted by molar-refractivity contribution is -0.142. The second kappa shape index (κ2) is 21.8. The number of halogens is 1. The van der Waals surface area contributed by atoms with Gasteiger partial charge in [-0.15, -0.1) is 0 Å². The third kappa shape index (κ3) is 23.7. The lowest BCUT2D eigenvalue weighted by atomic mass is 10.6. The van der Waals surface area contributed by atoms with E-state index in [9.17, 15) is 4.79 Å². The van der Waals surface area contributed by atoms with Gasteiger partial charge < -0.3 is 33.2 Å². The molecule has 0 aromatic heterocycles. The standard InChI is InChI=1S/C16H31BrO8/c1-16(18)25-15-14-24-13-12-23-11-10-22-9-8-21-7-6-20-5-4-19-3-2-17/h2-15H2,1H3. The third-order valence-corrected chi connectivity index (χ3v) is 2.94. The summed E-state index contributed by atoms with van der Waals surface area (Å²) in [6.45, 7) is 8.02. The van der Waals surface area contributed by atoms with Crippen molar-refractivity contribution in [1.82, 2.24) is 0 Å². The van der Waals surface area contributed by atoms with Crippen LogP contribution in [-0.4, -0.2) is 97.2 Å². The smallest absolute Gasteiger partial charge is 0.302 e. The number of hydrogen-bond donors (Lipinski definition) is 0. The van der Waals surface area contributed by atoms with E-state index in [4.69, 9.17) is 33.2 Å². The highest BCUT2D eigenvalue weighted by molar-refractivity contribution is 9.09. The van der Waals surface area contributed by atoms with Crippen molar-refractivity contribution in [3.63, 3.8) is 0 Å². The summed E-state index contributed by atoms with van der Waals surface area (Å²) in [6, 6.07) is 0. The fourth-order valence-corrected chi connectivity index (χ4v) is 1.73. The number of carbonyl (C=O) groups excluding carboxylic acids is 1. The quantitative estimate of drug-likeness (QED) is 0.161. The zero-order valence-corrected chi connectivity index (χ0v) is 16.6. The van der Waals surface area contributed by atoms with Gasteiger partial charge in [-0.2, -0.15) is 0 Å². The van der Waals surface area contributed by atoms with Crippen molar-refractivity contribution in [2.75, 3.05) is 91.2 Å². The highest BCUT2D eigenvalue weighted by Crippen LogP contribution is 1.86. The summed E-state index contributed by atoms with van der Waals surface area (Å²) in [6.07, 6.45) is 0. The molecule has 0 saturated carbocycles. The summed E-state index contributed by atoms with van der Waals surface area (Å²) in [7, 11) is 0. The van der Waals surface area contributed by atoms with Crippen LogP contribution in [0, 0.1) is 0 Å². The molecule has 0 fully saturated rings. The SMILES string of the molecule is CC(=O)OCCOCCOCCOCCOCCOCCOCCBr. The van der Waals surface area contributed by atoms with Crippen LogP contribution in [0.4, 0.5) is 0 Å². The van der Waals surface area contributed by atoms with E-state index in [1.807, 2.05) is 0 Å². The highest BCUT2D eigenvalue weighted by Gasteiger charge is 1.95. The summed E-state index contributed by atoms with van der Waals surface area (Å²) in [5.74, 6) is -0.302. The van der Waals surface area contributed by atoms with Gasteiger partial charge in [0.1, 0.15) is 6.61 Å². The molecule has 9 heteroatoms. The average Bonchev–Trinajstić information content (AvgIpc) is 2.60. The van der Waals surface area contributed by atoms with Crippen molar-refractivity contribution in [3.05, 3.63) is 0 Å².